The first kappa shape index (κ1) is 22.2. The molecule has 164 valence electrons. The highest BCUT2D eigenvalue weighted by atomic mass is 35.5. The lowest BCUT2D eigenvalue weighted by Gasteiger charge is -2.08. The van der Waals surface area contributed by atoms with Gasteiger partial charge in [-0.1, -0.05) is 41.4 Å². The van der Waals surface area contributed by atoms with E-state index in [9.17, 15) is 8.78 Å². The van der Waals surface area contributed by atoms with Gasteiger partial charge in [0.1, 0.15) is 16.7 Å². The molecule has 0 bridgehead atoms. The standard InChI is InChI=1S/C21H16Cl2F2N6S/c22-16-5-2-6-18(25)15(16)11-30-8-7-19(28-30)26-21(32)27-20-17(23)12-31(29-20)10-13-3-1-4-14(24)9-13/h1-9,12H,10-11H2,(H2,26,27,28,29,32). The Bertz CT molecular complexity index is 1250. The molecule has 6 nitrogen and oxygen atoms in total. The molecule has 0 aliphatic rings. The Morgan fingerprint density at radius 3 is 2.53 bits per heavy atom. The largest absolute Gasteiger partial charge is 0.316 e. The van der Waals surface area contributed by atoms with Crippen molar-refractivity contribution in [2.45, 2.75) is 13.1 Å². The summed E-state index contributed by atoms with van der Waals surface area (Å²) in [5.41, 5.74) is 1.09. The quantitative estimate of drug-likeness (QED) is 0.344. The molecule has 2 heterocycles. The Morgan fingerprint density at radius 1 is 0.938 bits per heavy atom. The molecule has 2 aromatic carbocycles. The number of aromatic nitrogens is 4. The number of thiocarbonyl (C=S) groups is 1. The molecule has 0 aliphatic heterocycles. The highest BCUT2D eigenvalue weighted by Crippen LogP contribution is 2.22. The van der Waals surface area contributed by atoms with Crippen LogP contribution in [-0.2, 0) is 13.1 Å². The minimum atomic E-state index is -0.400. The van der Waals surface area contributed by atoms with Crippen LogP contribution in [0, 0.1) is 11.6 Å². The Hall–Kier alpha value is -3.01. The lowest BCUT2D eigenvalue weighted by molar-refractivity contribution is 0.586. The Kier molecular flexibility index (Phi) is 6.69. The van der Waals surface area contributed by atoms with E-state index in [1.165, 1.54) is 22.9 Å². The molecule has 4 rings (SSSR count). The van der Waals surface area contributed by atoms with E-state index >= 15 is 0 Å². The second-order valence-electron chi connectivity index (χ2n) is 6.83. The fourth-order valence-electron chi connectivity index (χ4n) is 3.00. The first-order chi connectivity index (χ1) is 15.4. The summed E-state index contributed by atoms with van der Waals surface area (Å²) in [5.74, 6) is 0.0766. The lowest BCUT2D eigenvalue weighted by Crippen LogP contribution is -2.20. The molecule has 11 heteroatoms. The van der Waals surface area contributed by atoms with Gasteiger partial charge in [0, 0.05) is 29.0 Å². The first-order valence-electron chi connectivity index (χ1n) is 9.39. The number of hydrogen-bond donors (Lipinski definition) is 2. The van der Waals surface area contributed by atoms with Crippen LogP contribution in [0.25, 0.3) is 0 Å². The van der Waals surface area contributed by atoms with Crippen LogP contribution in [-0.4, -0.2) is 24.7 Å². The van der Waals surface area contributed by atoms with Crippen molar-refractivity contribution >= 4 is 52.2 Å². The maximum absolute atomic E-state index is 14.0. The fraction of sp³-hybridized carbons (Fsp3) is 0.0952. The van der Waals surface area contributed by atoms with Gasteiger partial charge in [0.05, 0.1) is 13.1 Å². The van der Waals surface area contributed by atoms with E-state index in [0.717, 1.165) is 5.56 Å². The van der Waals surface area contributed by atoms with Crippen molar-refractivity contribution in [1.29, 1.82) is 0 Å². The maximum Gasteiger partial charge on any atom is 0.177 e. The average Bonchev–Trinajstić information content (AvgIpc) is 3.31. The van der Waals surface area contributed by atoms with Gasteiger partial charge in [-0.25, -0.2) is 8.78 Å². The highest BCUT2D eigenvalue weighted by Gasteiger charge is 2.12. The average molecular weight is 493 g/mol. The molecule has 2 N–H and O–H groups in total. The molecule has 0 aliphatic carbocycles. The summed E-state index contributed by atoms with van der Waals surface area (Å²) in [6.07, 6.45) is 3.29. The highest BCUT2D eigenvalue weighted by molar-refractivity contribution is 7.80. The Morgan fingerprint density at radius 2 is 1.75 bits per heavy atom. The zero-order valence-electron chi connectivity index (χ0n) is 16.4. The van der Waals surface area contributed by atoms with Crippen LogP contribution in [0.4, 0.5) is 20.4 Å². The number of anilines is 2. The number of nitrogens with one attached hydrogen (secondary N) is 2. The van der Waals surface area contributed by atoms with Crippen LogP contribution in [0.3, 0.4) is 0 Å². The van der Waals surface area contributed by atoms with E-state index in [1.54, 1.807) is 47.4 Å². The molecule has 0 fully saturated rings. The van der Waals surface area contributed by atoms with Crippen LogP contribution < -0.4 is 10.6 Å². The van der Waals surface area contributed by atoms with Crippen LogP contribution in [0.5, 0.6) is 0 Å². The summed E-state index contributed by atoms with van der Waals surface area (Å²) in [4.78, 5) is 0. The number of benzene rings is 2. The van der Waals surface area contributed by atoms with Gasteiger partial charge in [-0.15, -0.1) is 0 Å². The summed E-state index contributed by atoms with van der Waals surface area (Å²) < 4.78 is 30.5. The van der Waals surface area contributed by atoms with Crippen molar-refractivity contribution in [1.82, 2.24) is 19.6 Å². The molecule has 0 saturated carbocycles. The molecule has 2 aromatic heterocycles. The van der Waals surface area contributed by atoms with Gasteiger partial charge < -0.3 is 10.6 Å². The second kappa shape index (κ2) is 9.64. The summed E-state index contributed by atoms with van der Waals surface area (Å²) in [6.45, 7) is 0.520. The SMILES string of the molecule is Fc1cccc(Cn2cc(Cl)c(NC(=S)Nc3ccn(Cc4c(F)cccc4Cl)n3)n2)c1. The summed E-state index contributed by atoms with van der Waals surface area (Å²) >= 11 is 17.6. The van der Waals surface area contributed by atoms with Crippen molar-refractivity contribution in [3.8, 4) is 0 Å². The van der Waals surface area contributed by atoms with E-state index in [0.29, 0.717) is 33.8 Å². The molecule has 0 spiro atoms. The predicted octanol–water partition coefficient (Wildman–Crippen LogP) is 5.57. The van der Waals surface area contributed by atoms with E-state index < -0.39 is 5.82 Å². The van der Waals surface area contributed by atoms with E-state index in [1.807, 2.05) is 0 Å². The van der Waals surface area contributed by atoms with E-state index in [4.69, 9.17) is 35.4 Å². The van der Waals surface area contributed by atoms with Gasteiger partial charge in [-0.3, -0.25) is 9.36 Å². The summed E-state index contributed by atoms with van der Waals surface area (Å²) in [5, 5.41) is 15.4. The first-order valence-corrected chi connectivity index (χ1v) is 10.6. The lowest BCUT2D eigenvalue weighted by atomic mass is 10.2. The zero-order valence-corrected chi connectivity index (χ0v) is 18.7. The molecule has 4 aromatic rings. The number of nitrogens with zero attached hydrogens (tertiary/aromatic N) is 4. The van der Waals surface area contributed by atoms with Crippen LogP contribution in [0.2, 0.25) is 10.0 Å². The molecule has 0 unspecified atom stereocenters. The maximum atomic E-state index is 14.0. The predicted molar refractivity (Wildman–Crippen MR) is 125 cm³/mol. The van der Waals surface area contributed by atoms with Crippen LogP contribution in [0.1, 0.15) is 11.1 Å². The van der Waals surface area contributed by atoms with Gasteiger partial charge in [0.25, 0.3) is 0 Å². The molecule has 0 saturated heterocycles. The van der Waals surface area contributed by atoms with Crippen molar-refractivity contribution < 1.29 is 8.78 Å². The van der Waals surface area contributed by atoms with Crippen molar-refractivity contribution in [3.63, 3.8) is 0 Å². The smallest absolute Gasteiger partial charge is 0.177 e. The minimum Gasteiger partial charge on any atom is -0.316 e. The van der Waals surface area contributed by atoms with Crippen molar-refractivity contribution in [2.75, 3.05) is 10.6 Å². The van der Waals surface area contributed by atoms with E-state index in [-0.39, 0.29) is 17.5 Å². The number of rotatable bonds is 6. The van der Waals surface area contributed by atoms with Gasteiger partial charge in [0.15, 0.2) is 16.7 Å². The van der Waals surface area contributed by atoms with Gasteiger partial charge in [0.2, 0.25) is 0 Å². The Balaban J connectivity index is 1.38. The van der Waals surface area contributed by atoms with Gasteiger partial charge in [-0.05, 0) is 42.0 Å². The topological polar surface area (TPSA) is 59.7 Å². The third-order valence-corrected chi connectivity index (χ3v) is 5.28. The number of hydrogen-bond acceptors (Lipinski definition) is 3. The monoisotopic (exact) mass is 492 g/mol. The van der Waals surface area contributed by atoms with Crippen LogP contribution >= 0.6 is 35.4 Å². The van der Waals surface area contributed by atoms with Crippen LogP contribution in [0.15, 0.2) is 60.9 Å². The number of halogens is 4. The van der Waals surface area contributed by atoms with E-state index in [2.05, 4.69) is 20.8 Å². The molecule has 32 heavy (non-hydrogen) atoms. The normalized spacial score (nSPS) is 10.9. The van der Waals surface area contributed by atoms with Gasteiger partial charge >= 0.3 is 0 Å². The van der Waals surface area contributed by atoms with Gasteiger partial charge in [-0.2, -0.15) is 10.2 Å². The molecule has 0 amide bonds. The molecular weight excluding hydrogens is 477 g/mol. The zero-order chi connectivity index (χ0) is 22.7. The minimum absolute atomic E-state index is 0.170. The third-order valence-electron chi connectivity index (χ3n) is 4.45. The van der Waals surface area contributed by atoms with Crippen molar-refractivity contribution in [2.24, 2.45) is 0 Å². The third kappa shape index (κ3) is 5.42. The van der Waals surface area contributed by atoms with Crippen molar-refractivity contribution in [3.05, 3.63) is 93.7 Å². The molecular formula is C21H16Cl2F2N6S. The fourth-order valence-corrected chi connectivity index (χ4v) is 3.62. The second-order valence-corrected chi connectivity index (χ2v) is 8.05. The molecule has 0 atom stereocenters. The molecule has 0 radical (unpaired) electrons. The summed E-state index contributed by atoms with van der Waals surface area (Å²) in [6, 6.07) is 12.4. The summed E-state index contributed by atoms with van der Waals surface area (Å²) in [7, 11) is 0. The Labute approximate surface area is 197 Å².